The summed E-state index contributed by atoms with van der Waals surface area (Å²) in [6, 6.07) is 12.3. The van der Waals surface area contributed by atoms with E-state index in [0.717, 1.165) is 16.2 Å². The highest BCUT2D eigenvalue weighted by atomic mass is 79.9. The standard InChI is InChI=1S/C18H15BrFN3OS/c1-2-9-23-16-6-4-3-5-15(16)22-18(23)25-11-17(24)21-14-8-7-12(19)10-13(14)20/h2-8,10H,1,9,11H2,(H,21,24). The Balaban J connectivity index is 1.72. The average Bonchev–Trinajstić information content (AvgIpc) is 2.94. The van der Waals surface area contributed by atoms with Crippen molar-refractivity contribution in [2.45, 2.75) is 11.7 Å². The Morgan fingerprint density at radius 3 is 2.92 bits per heavy atom. The zero-order valence-corrected chi connectivity index (χ0v) is 15.6. The molecule has 0 saturated carbocycles. The molecule has 0 spiro atoms. The largest absolute Gasteiger partial charge is 0.323 e. The third kappa shape index (κ3) is 4.11. The first-order chi connectivity index (χ1) is 12.1. The Kier molecular flexibility index (Phi) is 5.55. The lowest BCUT2D eigenvalue weighted by Gasteiger charge is -2.08. The van der Waals surface area contributed by atoms with E-state index in [0.29, 0.717) is 11.0 Å². The van der Waals surface area contributed by atoms with Crippen LogP contribution in [0.25, 0.3) is 11.0 Å². The number of imidazole rings is 1. The molecule has 0 saturated heterocycles. The average molecular weight is 420 g/mol. The molecule has 25 heavy (non-hydrogen) atoms. The van der Waals surface area contributed by atoms with Crippen LogP contribution in [0.5, 0.6) is 0 Å². The van der Waals surface area contributed by atoms with Gasteiger partial charge >= 0.3 is 0 Å². The molecule has 0 aliphatic heterocycles. The summed E-state index contributed by atoms with van der Waals surface area (Å²) < 4.78 is 16.4. The number of hydrogen-bond acceptors (Lipinski definition) is 3. The minimum atomic E-state index is -0.480. The van der Waals surface area contributed by atoms with Gasteiger partial charge in [0.05, 0.1) is 22.5 Å². The summed E-state index contributed by atoms with van der Waals surface area (Å²) in [5.41, 5.74) is 2.02. The number of nitrogens with one attached hydrogen (secondary N) is 1. The van der Waals surface area contributed by atoms with Gasteiger partial charge in [0.2, 0.25) is 5.91 Å². The van der Waals surface area contributed by atoms with Crippen LogP contribution in [0.1, 0.15) is 0 Å². The van der Waals surface area contributed by atoms with Gasteiger partial charge in [0, 0.05) is 11.0 Å². The van der Waals surface area contributed by atoms with Crippen molar-refractivity contribution >= 4 is 50.3 Å². The monoisotopic (exact) mass is 419 g/mol. The Morgan fingerprint density at radius 1 is 1.36 bits per heavy atom. The molecule has 0 fully saturated rings. The number of allylic oxidation sites excluding steroid dienone is 1. The second kappa shape index (κ2) is 7.84. The van der Waals surface area contributed by atoms with Crippen LogP contribution in [0.2, 0.25) is 0 Å². The third-order valence-electron chi connectivity index (χ3n) is 3.47. The number of amides is 1. The number of nitrogens with zero attached hydrogens (tertiary/aromatic N) is 2. The molecule has 0 aliphatic rings. The molecule has 3 aromatic rings. The summed E-state index contributed by atoms with van der Waals surface area (Å²) in [6.07, 6.45) is 1.79. The number of para-hydroxylation sites is 2. The van der Waals surface area contributed by atoms with Crippen molar-refractivity contribution in [3.8, 4) is 0 Å². The van der Waals surface area contributed by atoms with E-state index < -0.39 is 5.82 Å². The predicted molar refractivity (Wildman–Crippen MR) is 103 cm³/mol. The zero-order chi connectivity index (χ0) is 17.8. The highest BCUT2D eigenvalue weighted by molar-refractivity contribution is 9.10. The summed E-state index contributed by atoms with van der Waals surface area (Å²) in [5.74, 6) is -0.634. The Labute approximate surface area is 157 Å². The van der Waals surface area contributed by atoms with Gasteiger partial charge in [0.15, 0.2) is 5.16 Å². The molecule has 1 amide bonds. The van der Waals surface area contributed by atoms with Gasteiger partial charge in [-0.25, -0.2) is 9.37 Å². The van der Waals surface area contributed by atoms with Gasteiger partial charge in [-0.2, -0.15) is 0 Å². The minimum Gasteiger partial charge on any atom is -0.323 e. The van der Waals surface area contributed by atoms with Gasteiger partial charge in [-0.1, -0.05) is 45.9 Å². The second-order valence-electron chi connectivity index (χ2n) is 5.24. The molecule has 2 aromatic carbocycles. The molecule has 4 nitrogen and oxygen atoms in total. The summed E-state index contributed by atoms with van der Waals surface area (Å²) in [4.78, 5) is 16.7. The summed E-state index contributed by atoms with van der Waals surface area (Å²) in [5, 5.41) is 3.31. The van der Waals surface area contributed by atoms with Crippen LogP contribution < -0.4 is 5.32 Å². The van der Waals surface area contributed by atoms with E-state index in [9.17, 15) is 9.18 Å². The Bertz CT molecular complexity index is 941. The highest BCUT2D eigenvalue weighted by Crippen LogP contribution is 2.25. The van der Waals surface area contributed by atoms with E-state index in [4.69, 9.17) is 0 Å². The van der Waals surface area contributed by atoms with Crippen molar-refractivity contribution in [3.05, 3.63) is 65.4 Å². The molecule has 0 aliphatic carbocycles. The normalized spacial score (nSPS) is 10.8. The summed E-state index contributed by atoms with van der Waals surface area (Å²) >= 11 is 4.50. The molecule has 128 valence electrons. The van der Waals surface area contributed by atoms with Crippen molar-refractivity contribution < 1.29 is 9.18 Å². The number of carbonyl (C=O) groups is 1. The molecule has 1 heterocycles. The van der Waals surface area contributed by atoms with E-state index in [2.05, 4.69) is 32.8 Å². The molecule has 1 N–H and O–H groups in total. The first-order valence-corrected chi connectivity index (χ1v) is 9.30. The van der Waals surface area contributed by atoms with Crippen LogP contribution in [0.4, 0.5) is 10.1 Å². The Hall–Kier alpha value is -2.12. The Morgan fingerprint density at radius 2 is 2.16 bits per heavy atom. The molecule has 0 bridgehead atoms. The number of anilines is 1. The maximum Gasteiger partial charge on any atom is 0.234 e. The molecule has 0 unspecified atom stereocenters. The molecule has 0 atom stereocenters. The maximum absolute atomic E-state index is 13.8. The van der Waals surface area contributed by atoms with Gasteiger partial charge in [0.25, 0.3) is 0 Å². The number of benzene rings is 2. The molecule has 3 rings (SSSR count). The van der Waals surface area contributed by atoms with Crippen LogP contribution in [0.3, 0.4) is 0 Å². The molecule has 1 aromatic heterocycles. The van der Waals surface area contributed by atoms with Crippen molar-refractivity contribution in [1.29, 1.82) is 0 Å². The van der Waals surface area contributed by atoms with Gasteiger partial charge < -0.3 is 9.88 Å². The van der Waals surface area contributed by atoms with E-state index in [1.807, 2.05) is 28.8 Å². The smallest absolute Gasteiger partial charge is 0.234 e. The topological polar surface area (TPSA) is 46.9 Å². The molecular weight excluding hydrogens is 405 g/mol. The lowest BCUT2D eigenvalue weighted by molar-refractivity contribution is -0.113. The lowest BCUT2D eigenvalue weighted by atomic mass is 10.3. The van der Waals surface area contributed by atoms with Crippen molar-refractivity contribution in [1.82, 2.24) is 9.55 Å². The van der Waals surface area contributed by atoms with Crippen molar-refractivity contribution in [2.24, 2.45) is 0 Å². The number of hydrogen-bond donors (Lipinski definition) is 1. The number of rotatable bonds is 6. The van der Waals surface area contributed by atoms with E-state index >= 15 is 0 Å². The zero-order valence-electron chi connectivity index (χ0n) is 13.2. The van der Waals surface area contributed by atoms with E-state index in [1.54, 1.807) is 12.1 Å². The third-order valence-corrected chi connectivity index (χ3v) is 4.94. The fourth-order valence-corrected chi connectivity index (χ4v) is 3.53. The van der Waals surface area contributed by atoms with Crippen LogP contribution in [0.15, 0.2) is 64.7 Å². The number of aromatic nitrogens is 2. The van der Waals surface area contributed by atoms with Crippen LogP contribution >= 0.6 is 27.7 Å². The quantitative estimate of drug-likeness (QED) is 0.458. The fraction of sp³-hybridized carbons (Fsp3) is 0.111. The van der Waals surface area contributed by atoms with Crippen molar-refractivity contribution in [2.75, 3.05) is 11.1 Å². The van der Waals surface area contributed by atoms with E-state index in [-0.39, 0.29) is 17.3 Å². The predicted octanol–water partition coefficient (Wildman–Crippen LogP) is 4.85. The van der Waals surface area contributed by atoms with Gasteiger partial charge in [-0.15, -0.1) is 6.58 Å². The van der Waals surface area contributed by atoms with Gasteiger partial charge in [0.1, 0.15) is 5.82 Å². The highest BCUT2D eigenvalue weighted by Gasteiger charge is 2.13. The van der Waals surface area contributed by atoms with Gasteiger partial charge in [-0.3, -0.25) is 4.79 Å². The van der Waals surface area contributed by atoms with Crippen LogP contribution in [-0.4, -0.2) is 21.2 Å². The number of thioether (sulfide) groups is 1. The van der Waals surface area contributed by atoms with E-state index in [1.165, 1.54) is 23.9 Å². The summed E-state index contributed by atoms with van der Waals surface area (Å²) in [6.45, 7) is 4.37. The van der Waals surface area contributed by atoms with Crippen LogP contribution in [-0.2, 0) is 11.3 Å². The summed E-state index contributed by atoms with van der Waals surface area (Å²) in [7, 11) is 0. The minimum absolute atomic E-state index is 0.135. The first kappa shape index (κ1) is 17.7. The second-order valence-corrected chi connectivity index (χ2v) is 7.10. The number of carbonyl (C=O) groups excluding carboxylic acids is 1. The number of fused-ring (bicyclic) bond motifs is 1. The SMILES string of the molecule is C=CCn1c(SCC(=O)Nc2ccc(Br)cc2F)nc2ccccc21. The lowest BCUT2D eigenvalue weighted by Crippen LogP contribution is -2.15. The molecular formula is C18H15BrFN3OS. The van der Waals surface area contributed by atoms with Crippen LogP contribution in [0, 0.1) is 5.82 Å². The first-order valence-electron chi connectivity index (χ1n) is 7.52. The fourth-order valence-electron chi connectivity index (χ4n) is 2.38. The maximum atomic E-state index is 13.8. The van der Waals surface area contributed by atoms with Crippen molar-refractivity contribution in [3.63, 3.8) is 0 Å². The molecule has 7 heteroatoms. The van der Waals surface area contributed by atoms with Gasteiger partial charge in [-0.05, 0) is 30.3 Å². The molecule has 0 radical (unpaired) electrons. The number of halogens is 2.